The number of H-pyrrole nitrogens is 1. The standard InChI is InChI=1S/C11H9BrFN3O2/c1-2-18-11(17)10-14-9(15-16-10)7-5-6(13)3-4-8(7)12/h3-5H,2H2,1H3,(H,14,15,16). The number of aromatic amines is 1. The Hall–Kier alpha value is -1.76. The highest BCUT2D eigenvalue weighted by Gasteiger charge is 2.15. The minimum absolute atomic E-state index is 0.0111. The van der Waals surface area contributed by atoms with E-state index in [2.05, 4.69) is 31.1 Å². The molecule has 0 spiro atoms. The predicted molar refractivity (Wildman–Crippen MR) is 65.4 cm³/mol. The number of ether oxygens (including phenoxy) is 1. The molecule has 94 valence electrons. The Morgan fingerprint density at radius 3 is 3.06 bits per heavy atom. The Kier molecular flexibility index (Phi) is 3.71. The van der Waals surface area contributed by atoms with Crippen molar-refractivity contribution in [2.75, 3.05) is 6.61 Å². The van der Waals surface area contributed by atoms with Crippen LogP contribution in [0.2, 0.25) is 0 Å². The summed E-state index contributed by atoms with van der Waals surface area (Å²) in [5.41, 5.74) is 0.460. The first-order chi connectivity index (χ1) is 8.61. The number of aromatic nitrogens is 3. The molecule has 0 unspecified atom stereocenters. The average molecular weight is 314 g/mol. The molecule has 1 aromatic heterocycles. The number of hydrogen-bond donors (Lipinski definition) is 1. The summed E-state index contributed by atoms with van der Waals surface area (Å²) in [6.45, 7) is 1.94. The molecule has 0 saturated carbocycles. The van der Waals surface area contributed by atoms with E-state index in [4.69, 9.17) is 4.74 Å². The molecule has 0 fully saturated rings. The molecule has 1 heterocycles. The molecule has 0 amide bonds. The van der Waals surface area contributed by atoms with Crippen LogP contribution in [-0.4, -0.2) is 27.8 Å². The zero-order valence-electron chi connectivity index (χ0n) is 9.41. The van der Waals surface area contributed by atoms with Crippen molar-refractivity contribution in [3.63, 3.8) is 0 Å². The Balaban J connectivity index is 2.35. The highest BCUT2D eigenvalue weighted by molar-refractivity contribution is 9.10. The maximum absolute atomic E-state index is 13.1. The van der Waals surface area contributed by atoms with Crippen LogP contribution in [0.3, 0.4) is 0 Å². The maximum Gasteiger partial charge on any atom is 0.375 e. The lowest BCUT2D eigenvalue weighted by atomic mass is 10.2. The van der Waals surface area contributed by atoms with E-state index in [1.165, 1.54) is 12.1 Å². The van der Waals surface area contributed by atoms with Gasteiger partial charge < -0.3 is 4.74 Å². The zero-order valence-corrected chi connectivity index (χ0v) is 11.0. The first-order valence-electron chi connectivity index (χ1n) is 5.16. The predicted octanol–water partition coefficient (Wildman–Crippen LogP) is 2.55. The molecule has 5 nitrogen and oxygen atoms in total. The fourth-order valence-electron chi connectivity index (χ4n) is 1.34. The largest absolute Gasteiger partial charge is 0.460 e. The molecule has 1 N–H and O–H groups in total. The first-order valence-corrected chi connectivity index (χ1v) is 5.96. The SMILES string of the molecule is CCOC(=O)c1nc(-c2cc(F)ccc2Br)n[nH]1. The number of nitrogens with zero attached hydrogens (tertiary/aromatic N) is 2. The first kappa shape index (κ1) is 12.7. The lowest BCUT2D eigenvalue weighted by Gasteiger charge is -1.99. The van der Waals surface area contributed by atoms with Crippen molar-refractivity contribution >= 4 is 21.9 Å². The Morgan fingerprint density at radius 2 is 2.33 bits per heavy atom. The van der Waals surface area contributed by atoms with E-state index in [0.29, 0.717) is 10.0 Å². The molecule has 0 aliphatic carbocycles. The van der Waals surface area contributed by atoms with Crippen LogP contribution in [0.4, 0.5) is 4.39 Å². The van der Waals surface area contributed by atoms with Crippen LogP contribution in [0.5, 0.6) is 0 Å². The zero-order chi connectivity index (χ0) is 13.1. The molecule has 0 saturated heterocycles. The van der Waals surface area contributed by atoms with Crippen molar-refractivity contribution in [1.29, 1.82) is 0 Å². The third-order valence-electron chi connectivity index (χ3n) is 2.12. The lowest BCUT2D eigenvalue weighted by molar-refractivity contribution is 0.0512. The number of halogens is 2. The van der Waals surface area contributed by atoms with Crippen molar-refractivity contribution in [2.45, 2.75) is 6.92 Å². The van der Waals surface area contributed by atoms with Crippen LogP contribution in [-0.2, 0) is 4.74 Å². The van der Waals surface area contributed by atoms with Crippen molar-refractivity contribution in [3.8, 4) is 11.4 Å². The lowest BCUT2D eigenvalue weighted by Crippen LogP contribution is -2.06. The number of esters is 1. The molecule has 2 aromatic rings. The summed E-state index contributed by atoms with van der Waals surface area (Å²) in [7, 11) is 0. The molecular weight excluding hydrogens is 305 g/mol. The topological polar surface area (TPSA) is 67.9 Å². The number of hydrogen-bond acceptors (Lipinski definition) is 4. The van der Waals surface area contributed by atoms with E-state index < -0.39 is 11.8 Å². The molecule has 7 heteroatoms. The van der Waals surface area contributed by atoms with Crippen molar-refractivity contribution < 1.29 is 13.9 Å². The van der Waals surface area contributed by atoms with Crippen molar-refractivity contribution in [2.24, 2.45) is 0 Å². The normalized spacial score (nSPS) is 10.4. The van der Waals surface area contributed by atoms with Gasteiger partial charge in [-0.05, 0) is 25.1 Å². The summed E-state index contributed by atoms with van der Waals surface area (Å²) in [6, 6.07) is 4.14. The molecule has 0 bridgehead atoms. The van der Waals surface area contributed by atoms with Gasteiger partial charge in [-0.25, -0.2) is 14.2 Å². The van der Waals surface area contributed by atoms with Gasteiger partial charge in [0.2, 0.25) is 5.82 Å². The van der Waals surface area contributed by atoms with Gasteiger partial charge >= 0.3 is 5.97 Å². The highest BCUT2D eigenvalue weighted by atomic mass is 79.9. The van der Waals surface area contributed by atoms with Crippen molar-refractivity contribution in [3.05, 3.63) is 34.3 Å². The van der Waals surface area contributed by atoms with E-state index in [1.807, 2.05) is 0 Å². The van der Waals surface area contributed by atoms with Gasteiger partial charge in [0.15, 0.2) is 5.82 Å². The Morgan fingerprint density at radius 1 is 1.56 bits per heavy atom. The Bertz CT molecular complexity index is 585. The molecule has 2 rings (SSSR count). The van der Waals surface area contributed by atoms with Crippen LogP contribution in [0.1, 0.15) is 17.5 Å². The van der Waals surface area contributed by atoms with E-state index >= 15 is 0 Å². The minimum Gasteiger partial charge on any atom is -0.460 e. The monoisotopic (exact) mass is 313 g/mol. The van der Waals surface area contributed by atoms with Crippen LogP contribution in [0.25, 0.3) is 11.4 Å². The molecule has 0 aliphatic heterocycles. The van der Waals surface area contributed by atoms with Crippen molar-refractivity contribution in [1.82, 2.24) is 15.2 Å². The van der Waals surface area contributed by atoms with Gasteiger partial charge in [-0.1, -0.05) is 15.9 Å². The second kappa shape index (κ2) is 5.26. The van der Waals surface area contributed by atoms with Gasteiger partial charge in [-0.2, -0.15) is 5.10 Å². The number of benzene rings is 1. The molecular formula is C11H9BrFN3O2. The van der Waals surface area contributed by atoms with Crippen LogP contribution >= 0.6 is 15.9 Å². The summed E-state index contributed by atoms with van der Waals surface area (Å²) in [5.74, 6) is -0.785. The van der Waals surface area contributed by atoms with E-state index in [-0.39, 0.29) is 18.3 Å². The summed E-state index contributed by atoms with van der Waals surface area (Å²) in [5, 5.41) is 6.31. The molecule has 0 aliphatic rings. The van der Waals surface area contributed by atoms with Crippen LogP contribution < -0.4 is 0 Å². The second-order valence-electron chi connectivity index (χ2n) is 3.35. The summed E-state index contributed by atoms with van der Waals surface area (Å²) < 4.78 is 18.6. The summed E-state index contributed by atoms with van der Waals surface area (Å²) in [6.07, 6.45) is 0. The number of carbonyl (C=O) groups is 1. The van der Waals surface area contributed by atoms with Crippen LogP contribution in [0, 0.1) is 5.82 Å². The Labute approximate surface area is 111 Å². The molecule has 0 radical (unpaired) electrons. The highest BCUT2D eigenvalue weighted by Crippen LogP contribution is 2.26. The number of rotatable bonds is 3. The average Bonchev–Trinajstić information content (AvgIpc) is 2.82. The van der Waals surface area contributed by atoms with Crippen LogP contribution in [0.15, 0.2) is 22.7 Å². The third-order valence-corrected chi connectivity index (χ3v) is 2.82. The number of nitrogens with one attached hydrogen (secondary N) is 1. The van der Waals surface area contributed by atoms with Gasteiger partial charge in [0, 0.05) is 10.0 Å². The third kappa shape index (κ3) is 2.56. The van der Waals surface area contributed by atoms with E-state index in [9.17, 15) is 9.18 Å². The fourth-order valence-corrected chi connectivity index (χ4v) is 1.77. The summed E-state index contributed by atoms with van der Waals surface area (Å²) >= 11 is 3.27. The molecule has 18 heavy (non-hydrogen) atoms. The number of carbonyl (C=O) groups excluding carboxylic acids is 1. The summed E-state index contributed by atoms with van der Waals surface area (Å²) in [4.78, 5) is 15.4. The smallest absolute Gasteiger partial charge is 0.375 e. The quantitative estimate of drug-likeness (QED) is 0.884. The second-order valence-corrected chi connectivity index (χ2v) is 4.21. The van der Waals surface area contributed by atoms with E-state index in [0.717, 1.165) is 0 Å². The van der Waals surface area contributed by atoms with Gasteiger partial charge in [-0.15, -0.1) is 0 Å². The van der Waals surface area contributed by atoms with Gasteiger partial charge in [-0.3, -0.25) is 5.10 Å². The fraction of sp³-hybridized carbons (Fsp3) is 0.182. The van der Waals surface area contributed by atoms with E-state index in [1.54, 1.807) is 13.0 Å². The van der Waals surface area contributed by atoms with Gasteiger partial charge in [0.05, 0.1) is 6.61 Å². The minimum atomic E-state index is -0.594. The molecule has 0 atom stereocenters. The maximum atomic E-state index is 13.1. The van der Waals surface area contributed by atoms with Gasteiger partial charge in [0.25, 0.3) is 0 Å². The molecule has 1 aromatic carbocycles. The van der Waals surface area contributed by atoms with Gasteiger partial charge in [0.1, 0.15) is 5.82 Å².